The van der Waals surface area contributed by atoms with Crippen molar-refractivity contribution >= 4 is 31.6 Å². The molecule has 0 amide bonds. The minimum absolute atomic E-state index is 0.128. The van der Waals surface area contributed by atoms with Crippen LogP contribution in [0.3, 0.4) is 0 Å². The summed E-state index contributed by atoms with van der Waals surface area (Å²) in [6.07, 6.45) is 0. The number of carbonyl (C=O) groups is 1. The Balaban J connectivity index is 2.62. The van der Waals surface area contributed by atoms with E-state index in [1.54, 1.807) is 0 Å². The van der Waals surface area contributed by atoms with Crippen LogP contribution in [0.25, 0.3) is 4.91 Å². The molecule has 1 nitrogen and oxygen atoms in total. The summed E-state index contributed by atoms with van der Waals surface area (Å²) in [7, 11) is 2.69. The molecule has 0 radical (unpaired) electrons. The summed E-state index contributed by atoms with van der Waals surface area (Å²) in [4.78, 5) is 12.3. The lowest BCUT2D eigenvalue weighted by atomic mass is 10.1. The van der Waals surface area contributed by atoms with Crippen LogP contribution in [0.1, 0.15) is 15.9 Å². The summed E-state index contributed by atoms with van der Waals surface area (Å²) >= 11 is 0. The molecule has 0 atom stereocenters. The first-order chi connectivity index (χ1) is 5.79. The van der Waals surface area contributed by atoms with Crippen molar-refractivity contribution in [1.29, 1.82) is 0 Å². The van der Waals surface area contributed by atoms with Gasteiger partial charge in [-0.3, -0.25) is 4.79 Å². The third kappa shape index (κ3) is 1.19. The maximum Gasteiger partial charge on any atom is 0.230 e. The number of benzene rings is 1. The SMILES string of the molecule is C=C1SSC(=O)c2ccccc21. The number of fused-ring (bicyclic) bond motifs is 1. The molecule has 3 heteroatoms. The molecule has 1 aliphatic heterocycles. The lowest BCUT2D eigenvalue weighted by molar-refractivity contribution is 0.109. The van der Waals surface area contributed by atoms with Crippen molar-refractivity contribution < 1.29 is 4.79 Å². The highest BCUT2D eigenvalue weighted by Crippen LogP contribution is 2.44. The largest absolute Gasteiger partial charge is 0.281 e. The van der Waals surface area contributed by atoms with Crippen LogP contribution in [0.4, 0.5) is 0 Å². The smallest absolute Gasteiger partial charge is 0.230 e. The Labute approximate surface area is 78.6 Å². The molecule has 0 bridgehead atoms. The zero-order valence-electron chi connectivity index (χ0n) is 6.24. The summed E-state index contributed by atoms with van der Waals surface area (Å²) < 4.78 is 0. The minimum atomic E-state index is 0.128. The molecular formula is C9H6OS2. The van der Waals surface area contributed by atoms with Crippen molar-refractivity contribution in [2.24, 2.45) is 0 Å². The molecule has 1 heterocycles. The second-order valence-electron chi connectivity index (χ2n) is 2.42. The monoisotopic (exact) mass is 194 g/mol. The van der Waals surface area contributed by atoms with Crippen molar-refractivity contribution in [2.45, 2.75) is 0 Å². The van der Waals surface area contributed by atoms with Gasteiger partial charge in [0.25, 0.3) is 0 Å². The molecule has 60 valence electrons. The van der Waals surface area contributed by atoms with Gasteiger partial charge in [0.1, 0.15) is 0 Å². The van der Waals surface area contributed by atoms with Gasteiger partial charge in [-0.2, -0.15) is 0 Å². The van der Waals surface area contributed by atoms with Gasteiger partial charge in [-0.1, -0.05) is 24.8 Å². The van der Waals surface area contributed by atoms with Gasteiger partial charge in [-0.15, -0.1) is 0 Å². The van der Waals surface area contributed by atoms with Gasteiger partial charge in [-0.05, 0) is 27.7 Å². The topological polar surface area (TPSA) is 17.1 Å². The fourth-order valence-corrected chi connectivity index (χ4v) is 2.86. The van der Waals surface area contributed by atoms with Crippen molar-refractivity contribution in [3.63, 3.8) is 0 Å². The van der Waals surface area contributed by atoms with E-state index in [1.807, 2.05) is 24.3 Å². The van der Waals surface area contributed by atoms with E-state index in [-0.39, 0.29) is 5.12 Å². The highest BCUT2D eigenvalue weighted by molar-refractivity contribution is 8.85. The molecular weight excluding hydrogens is 188 g/mol. The van der Waals surface area contributed by atoms with E-state index >= 15 is 0 Å². The lowest BCUT2D eigenvalue weighted by Gasteiger charge is -2.14. The fraction of sp³-hybridized carbons (Fsp3) is 0. The predicted octanol–water partition coefficient (Wildman–Crippen LogP) is 3.19. The highest BCUT2D eigenvalue weighted by atomic mass is 33.1. The highest BCUT2D eigenvalue weighted by Gasteiger charge is 2.20. The van der Waals surface area contributed by atoms with Gasteiger partial charge in [0.2, 0.25) is 5.12 Å². The van der Waals surface area contributed by atoms with Crippen LogP contribution >= 0.6 is 21.6 Å². The first-order valence-electron chi connectivity index (χ1n) is 3.46. The third-order valence-corrected chi connectivity index (χ3v) is 3.85. The van der Waals surface area contributed by atoms with E-state index < -0.39 is 0 Å². The summed E-state index contributed by atoms with van der Waals surface area (Å²) in [5.41, 5.74) is 1.76. The van der Waals surface area contributed by atoms with Crippen LogP contribution in [0.2, 0.25) is 0 Å². The lowest BCUT2D eigenvalue weighted by Crippen LogP contribution is -2.00. The van der Waals surface area contributed by atoms with Crippen molar-refractivity contribution in [3.05, 3.63) is 42.0 Å². The molecule has 0 aliphatic carbocycles. The molecule has 2 rings (SSSR count). The summed E-state index contributed by atoms with van der Waals surface area (Å²) in [6, 6.07) is 7.58. The Morgan fingerprint density at radius 1 is 1.08 bits per heavy atom. The molecule has 12 heavy (non-hydrogen) atoms. The van der Waals surface area contributed by atoms with Crippen molar-refractivity contribution in [3.8, 4) is 0 Å². The van der Waals surface area contributed by atoms with Gasteiger partial charge in [-0.25, -0.2) is 0 Å². The molecule has 1 aromatic carbocycles. The van der Waals surface area contributed by atoms with E-state index in [0.717, 1.165) is 16.0 Å². The van der Waals surface area contributed by atoms with Crippen LogP contribution in [0, 0.1) is 0 Å². The zero-order valence-corrected chi connectivity index (χ0v) is 7.87. The molecule has 1 aromatic rings. The molecule has 0 saturated carbocycles. The second kappa shape index (κ2) is 2.99. The maximum atomic E-state index is 11.3. The Kier molecular flexibility index (Phi) is 1.98. The molecule has 0 unspecified atom stereocenters. The summed E-state index contributed by atoms with van der Waals surface area (Å²) in [6.45, 7) is 3.88. The summed E-state index contributed by atoms with van der Waals surface area (Å²) in [5.74, 6) is 0. The van der Waals surface area contributed by atoms with Gasteiger partial charge < -0.3 is 0 Å². The van der Waals surface area contributed by atoms with E-state index in [2.05, 4.69) is 6.58 Å². The number of hydrogen-bond donors (Lipinski definition) is 0. The first kappa shape index (κ1) is 7.95. The van der Waals surface area contributed by atoms with Crippen LogP contribution in [-0.2, 0) is 0 Å². The van der Waals surface area contributed by atoms with Gasteiger partial charge in [0, 0.05) is 16.0 Å². The Morgan fingerprint density at radius 2 is 1.75 bits per heavy atom. The van der Waals surface area contributed by atoms with E-state index in [4.69, 9.17) is 0 Å². The minimum Gasteiger partial charge on any atom is -0.281 e. The van der Waals surface area contributed by atoms with Crippen LogP contribution in [0.15, 0.2) is 30.8 Å². The second-order valence-corrected chi connectivity index (χ2v) is 4.62. The van der Waals surface area contributed by atoms with Gasteiger partial charge in [0.15, 0.2) is 0 Å². The number of rotatable bonds is 0. The van der Waals surface area contributed by atoms with Gasteiger partial charge >= 0.3 is 0 Å². The molecule has 0 spiro atoms. The molecule has 0 saturated heterocycles. The normalized spacial score (nSPS) is 16.0. The average Bonchev–Trinajstić information content (AvgIpc) is 2.12. The van der Waals surface area contributed by atoms with Crippen LogP contribution in [-0.4, -0.2) is 5.12 Å². The Morgan fingerprint density at radius 3 is 2.42 bits per heavy atom. The van der Waals surface area contributed by atoms with Crippen molar-refractivity contribution in [2.75, 3.05) is 0 Å². The van der Waals surface area contributed by atoms with Crippen molar-refractivity contribution in [1.82, 2.24) is 0 Å². The molecule has 1 aliphatic rings. The van der Waals surface area contributed by atoms with E-state index in [9.17, 15) is 4.79 Å². The van der Waals surface area contributed by atoms with E-state index in [1.165, 1.54) is 21.6 Å². The van der Waals surface area contributed by atoms with E-state index in [0.29, 0.717) is 0 Å². The van der Waals surface area contributed by atoms with Gasteiger partial charge in [0.05, 0.1) is 0 Å². The molecule has 0 aromatic heterocycles. The molecule has 0 N–H and O–H groups in total. The fourth-order valence-electron chi connectivity index (χ4n) is 1.08. The predicted molar refractivity (Wildman–Crippen MR) is 55.0 cm³/mol. The zero-order chi connectivity index (χ0) is 8.55. The molecule has 0 fully saturated rings. The first-order valence-corrected chi connectivity index (χ1v) is 5.61. The number of carbonyl (C=O) groups excluding carboxylic acids is 1. The number of hydrogen-bond acceptors (Lipinski definition) is 3. The standard InChI is InChI=1S/C9H6OS2/c1-6-7-4-2-3-5-8(7)9(10)12-11-6/h2-5H,1H2. The van der Waals surface area contributed by atoms with Crippen LogP contribution < -0.4 is 0 Å². The third-order valence-electron chi connectivity index (χ3n) is 1.67. The van der Waals surface area contributed by atoms with Crippen LogP contribution in [0.5, 0.6) is 0 Å². The quantitative estimate of drug-likeness (QED) is 0.590. The Hall–Kier alpha value is -0.670. The Bertz CT molecular complexity index is 322. The summed E-state index contributed by atoms with van der Waals surface area (Å²) in [5, 5.41) is 0.128. The maximum absolute atomic E-state index is 11.3. The average molecular weight is 194 g/mol.